The SMILES string of the molecule is O=C(Nc1ccc(Nc2nc(N3CCCCC3)nc(N3CCCC3)n2)cc1)c1ccc2ccccc2c1O. The molecule has 2 aliphatic rings. The van der Waals surface area contributed by atoms with Crippen LogP contribution in [-0.2, 0) is 0 Å². The molecule has 0 atom stereocenters. The van der Waals surface area contributed by atoms with Crippen LogP contribution < -0.4 is 20.4 Å². The van der Waals surface area contributed by atoms with Gasteiger partial charge in [-0.15, -0.1) is 0 Å². The number of piperidine rings is 1. The lowest BCUT2D eigenvalue weighted by Gasteiger charge is -2.27. The normalized spacial score (nSPS) is 15.6. The zero-order chi connectivity index (χ0) is 25.9. The Hall–Kier alpha value is -4.40. The third kappa shape index (κ3) is 5.04. The van der Waals surface area contributed by atoms with E-state index in [1.807, 2.05) is 48.5 Å². The zero-order valence-corrected chi connectivity index (χ0v) is 21.2. The number of hydrogen-bond acceptors (Lipinski definition) is 8. The van der Waals surface area contributed by atoms with Gasteiger partial charge in [-0.1, -0.05) is 30.3 Å². The first kappa shape index (κ1) is 24.0. The molecule has 4 aromatic rings. The lowest BCUT2D eigenvalue weighted by molar-refractivity contribution is 0.102. The fourth-order valence-electron chi connectivity index (χ4n) is 5.11. The Kier molecular flexibility index (Phi) is 6.64. The van der Waals surface area contributed by atoms with Gasteiger partial charge in [0.15, 0.2) is 0 Å². The number of hydrogen-bond donors (Lipinski definition) is 3. The van der Waals surface area contributed by atoms with Crippen LogP contribution in [0, 0.1) is 0 Å². The minimum Gasteiger partial charge on any atom is -0.506 e. The van der Waals surface area contributed by atoms with Crippen molar-refractivity contribution in [2.45, 2.75) is 32.1 Å². The summed E-state index contributed by atoms with van der Waals surface area (Å²) in [5.74, 6) is 1.57. The monoisotopic (exact) mass is 509 g/mol. The third-order valence-electron chi connectivity index (χ3n) is 7.18. The van der Waals surface area contributed by atoms with Crippen LogP contribution in [0.4, 0.5) is 29.2 Å². The van der Waals surface area contributed by atoms with Crippen molar-refractivity contribution in [1.29, 1.82) is 0 Å². The molecule has 9 nitrogen and oxygen atoms in total. The molecule has 38 heavy (non-hydrogen) atoms. The third-order valence-corrected chi connectivity index (χ3v) is 7.18. The molecule has 9 heteroatoms. The van der Waals surface area contributed by atoms with E-state index in [4.69, 9.17) is 15.0 Å². The molecule has 0 bridgehead atoms. The minimum absolute atomic E-state index is 0.0213. The predicted molar refractivity (Wildman–Crippen MR) is 151 cm³/mol. The van der Waals surface area contributed by atoms with Gasteiger partial charge in [-0.3, -0.25) is 4.79 Å². The van der Waals surface area contributed by atoms with Gasteiger partial charge in [0.05, 0.1) is 5.56 Å². The predicted octanol–water partition coefficient (Wildman–Crippen LogP) is 5.32. The maximum Gasteiger partial charge on any atom is 0.259 e. The van der Waals surface area contributed by atoms with Gasteiger partial charge in [0.25, 0.3) is 5.91 Å². The van der Waals surface area contributed by atoms with Crippen LogP contribution in [0.3, 0.4) is 0 Å². The van der Waals surface area contributed by atoms with Crippen molar-refractivity contribution in [3.05, 3.63) is 66.2 Å². The number of carbonyl (C=O) groups is 1. The van der Waals surface area contributed by atoms with Crippen LogP contribution in [-0.4, -0.2) is 52.1 Å². The molecule has 2 fully saturated rings. The largest absolute Gasteiger partial charge is 0.506 e. The summed E-state index contributed by atoms with van der Waals surface area (Å²) in [7, 11) is 0. The highest BCUT2D eigenvalue weighted by Crippen LogP contribution is 2.30. The first-order chi connectivity index (χ1) is 18.6. The summed E-state index contributed by atoms with van der Waals surface area (Å²) in [5.41, 5.74) is 1.66. The Labute approximate surface area is 221 Å². The number of phenols is 1. The van der Waals surface area contributed by atoms with Crippen molar-refractivity contribution in [1.82, 2.24) is 15.0 Å². The van der Waals surface area contributed by atoms with Crippen LogP contribution in [0.5, 0.6) is 5.75 Å². The summed E-state index contributed by atoms with van der Waals surface area (Å²) < 4.78 is 0. The Bertz CT molecular complexity index is 1450. The molecule has 2 aliphatic heterocycles. The summed E-state index contributed by atoms with van der Waals surface area (Å²) in [6.45, 7) is 3.85. The number of aromatic hydroxyl groups is 1. The Morgan fingerprint density at radius 2 is 1.32 bits per heavy atom. The van der Waals surface area contributed by atoms with E-state index < -0.39 is 0 Å². The van der Waals surface area contributed by atoms with E-state index in [9.17, 15) is 9.90 Å². The smallest absolute Gasteiger partial charge is 0.259 e. The molecule has 0 aliphatic carbocycles. The van der Waals surface area contributed by atoms with Crippen molar-refractivity contribution in [2.75, 3.05) is 46.6 Å². The molecule has 1 amide bonds. The number of benzene rings is 3. The molecule has 2 saturated heterocycles. The molecule has 0 unspecified atom stereocenters. The van der Waals surface area contributed by atoms with Gasteiger partial charge in [-0.05, 0) is 67.8 Å². The molecule has 1 aromatic heterocycles. The highest BCUT2D eigenvalue weighted by molar-refractivity contribution is 6.09. The fraction of sp³-hybridized carbons (Fsp3) is 0.310. The zero-order valence-electron chi connectivity index (χ0n) is 21.2. The van der Waals surface area contributed by atoms with Crippen LogP contribution in [0.2, 0.25) is 0 Å². The first-order valence-corrected chi connectivity index (χ1v) is 13.3. The van der Waals surface area contributed by atoms with Crippen LogP contribution in [0.15, 0.2) is 60.7 Å². The number of carbonyl (C=O) groups excluding carboxylic acids is 1. The summed E-state index contributed by atoms with van der Waals surface area (Å²) in [6.07, 6.45) is 5.85. The molecule has 0 spiro atoms. The topological polar surface area (TPSA) is 107 Å². The quantitative estimate of drug-likeness (QED) is 0.321. The fourth-order valence-corrected chi connectivity index (χ4v) is 5.11. The number of anilines is 5. The number of nitrogens with zero attached hydrogens (tertiary/aromatic N) is 5. The lowest BCUT2D eigenvalue weighted by Crippen LogP contribution is -2.32. The Balaban J connectivity index is 1.19. The average Bonchev–Trinajstić information content (AvgIpc) is 3.50. The van der Waals surface area contributed by atoms with Gasteiger partial charge in [0.1, 0.15) is 5.75 Å². The second-order valence-electron chi connectivity index (χ2n) is 9.84. The van der Waals surface area contributed by atoms with Gasteiger partial charge in [-0.2, -0.15) is 15.0 Å². The summed E-state index contributed by atoms with van der Waals surface area (Å²) >= 11 is 0. The van der Waals surface area contributed by atoms with E-state index in [1.54, 1.807) is 12.1 Å². The van der Waals surface area contributed by atoms with E-state index >= 15 is 0 Å². The van der Waals surface area contributed by atoms with Crippen molar-refractivity contribution in [2.24, 2.45) is 0 Å². The highest BCUT2D eigenvalue weighted by Gasteiger charge is 2.21. The minimum atomic E-state index is -0.368. The van der Waals surface area contributed by atoms with Crippen LogP contribution in [0.1, 0.15) is 42.5 Å². The molecular weight excluding hydrogens is 478 g/mol. The van der Waals surface area contributed by atoms with E-state index in [1.165, 1.54) is 6.42 Å². The maximum absolute atomic E-state index is 12.9. The van der Waals surface area contributed by atoms with E-state index in [-0.39, 0.29) is 17.2 Å². The van der Waals surface area contributed by atoms with Gasteiger partial charge >= 0.3 is 0 Å². The van der Waals surface area contributed by atoms with Crippen molar-refractivity contribution >= 4 is 45.9 Å². The molecule has 0 saturated carbocycles. The van der Waals surface area contributed by atoms with Crippen LogP contribution in [0.25, 0.3) is 10.8 Å². The van der Waals surface area contributed by atoms with Gasteiger partial charge < -0.3 is 25.5 Å². The number of aromatic nitrogens is 3. The van der Waals surface area contributed by atoms with E-state index in [0.717, 1.165) is 74.8 Å². The van der Waals surface area contributed by atoms with Crippen LogP contribution >= 0.6 is 0 Å². The second kappa shape index (κ2) is 10.5. The van der Waals surface area contributed by atoms with E-state index in [0.29, 0.717) is 17.0 Å². The number of amides is 1. The lowest BCUT2D eigenvalue weighted by atomic mass is 10.0. The molecule has 194 valence electrons. The van der Waals surface area contributed by atoms with Gasteiger partial charge in [-0.25, -0.2) is 0 Å². The average molecular weight is 510 g/mol. The molecule has 3 aromatic carbocycles. The number of rotatable bonds is 6. The van der Waals surface area contributed by atoms with E-state index in [2.05, 4.69) is 20.4 Å². The molecule has 6 rings (SSSR count). The maximum atomic E-state index is 12.9. The summed E-state index contributed by atoms with van der Waals surface area (Å²) in [6, 6.07) is 18.3. The second-order valence-corrected chi connectivity index (χ2v) is 9.84. The number of phenolic OH excluding ortho intramolecular Hbond substituents is 1. The van der Waals surface area contributed by atoms with Crippen molar-refractivity contribution in [3.8, 4) is 5.75 Å². The Morgan fingerprint density at radius 1 is 0.711 bits per heavy atom. The Morgan fingerprint density at radius 3 is 2.00 bits per heavy atom. The standard InChI is InChI=1S/C29H31N7O2/c37-25-23-9-3-2-8-20(23)10-15-24(25)26(38)30-21-11-13-22(14-12-21)31-27-32-28(35-16-4-1-5-17-35)34-29(33-27)36-18-6-7-19-36/h2-3,8-15,37H,1,4-7,16-19H2,(H,30,38)(H,31,32,33,34). The molecule has 3 heterocycles. The highest BCUT2D eigenvalue weighted by atomic mass is 16.3. The first-order valence-electron chi connectivity index (χ1n) is 13.3. The molecular formula is C29H31N7O2. The molecule has 3 N–H and O–H groups in total. The van der Waals surface area contributed by atoms with Crippen molar-refractivity contribution in [3.63, 3.8) is 0 Å². The molecule has 0 radical (unpaired) electrons. The van der Waals surface area contributed by atoms with Gasteiger partial charge in [0, 0.05) is 42.9 Å². The van der Waals surface area contributed by atoms with Gasteiger partial charge in [0.2, 0.25) is 17.8 Å². The van der Waals surface area contributed by atoms with Crippen molar-refractivity contribution < 1.29 is 9.90 Å². The number of nitrogens with one attached hydrogen (secondary N) is 2. The summed E-state index contributed by atoms with van der Waals surface area (Å²) in [4.78, 5) is 31.6. The number of fused-ring (bicyclic) bond motifs is 1. The summed E-state index contributed by atoms with van der Waals surface area (Å²) in [5, 5.41) is 18.3.